The summed E-state index contributed by atoms with van der Waals surface area (Å²) in [4.78, 5) is 0. The van der Waals surface area contributed by atoms with Gasteiger partial charge in [-0.2, -0.15) is 0 Å². The van der Waals surface area contributed by atoms with Gasteiger partial charge in [0.2, 0.25) is 0 Å². The van der Waals surface area contributed by atoms with Gasteiger partial charge in [0.1, 0.15) is 0 Å². The summed E-state index contributed by atoms with van der Waals surface area (Å²) >= 11 is 0. The molecule has 2 heteroatoms. The van der Waals surface area contributed by atoms with E-state index in [1.54, 1.807) is 0 Å². The molecule has 0 spiro atoms. The van der Waals surface area contributed by atoms with E-state index in [1.165, 1.54) is 0 Å². The fourth-order valence-corrected chi connectivity index (χ4v) is 0.406. The molecule has 0 aromatic heterocycles. The van der Waals surface area contributed by atoms with E-state index < -0.39 is 0 Å². The standard InChI is InChI=1S/C5H7N.Ca.2H/c1-2-4-6-5-3-1;;;/h1-4,6H,5H2;;;. The summed E-state index contributed by atoms with van der Waals surface area (Å²) in [5.41, 5.74) is 0. The molecule has 0 saturated heterocycles. The summed E-state index contributed by atoms with van der Waals surface area (Å²) in [6.45, 7) is 0.983. The van der Waals surface area contributed by atoms with Gasteiger partial charge >= 0.3 is 37.7 Å². The Morgan fingerprint density at radius 1 is 1.29 bits per heavy atom. The second kappa shape index (κ2) is 4.69. The molecule has 0 amide bonds. The Kier molecular flexibility index (Phi) is 5.05. The first-order valence-corrected chi connectivity index (χ1v) is 2.05. The average molecular weight is 123 g/mol. The Morgan fingerprint density at radius 3 is 2.29 bits per heavy atom. The molecule has 0 aliphatic carbocycles. The molecule has 0 unspecified atom stereocenters. The van der Waals surface area contributed by atoms with Crippen molar-refractivity contribution in [3.8, 4) is 0 Å². The van der Waals surface area contributed by atoms with Crippen LogP contribution in [0, 0.1) is 0 Å². The number of hydrogen-bond acceptors (Lipinski definition) is 1. The Balaban J connectivity index is 0.000000360. The molecule has 0 saturated carbocycles. The van der Waals surface area contributed by atoms with E-state index in [0.717, 1.165) is 6.54 Å². The predicted molar refractivity (Wildman–Crippen MR) is 34.8 cm³/mol. The van der Waals surface area contributed by atoms with Crippen LogP contribution in [-0.4, -0.2) is 44.3 Å². The zero-order valence-corrected chi connectivity index (χ0v) is 3.52. The van der Waals surface area contributed by atoms with Gasteiger partial charge in [-0.3, -0.25) is 0 Å². The van der Waals surface area contributed by atoms with Gasteiger partial charge in [0.05, 0.1) is 0 Å². The number of rotatable bonds is 0. The van der Waals surface area contributed by atoms with Crippen molar-refractivity contribution >= 4 is 37.7 Å². The van der Waals surface area contributed by atoms with Gasteiger partial charge in [-0.15, -0.1) is 0 Å². The van der Waals surface area contributed by atoms with Gasteiger partial charge in [-0.05, 0) is 12.3 Å². The minimum absolute atomic E-state index is 0. The van der Waals surface area contributed by atoms with E-state index in [4.69, 9.17) is 0 Å². The van der Waals surface area contributed by atoms with Crippen molar-refractivity contribution in [3.05, 3.63) is 24.4 Å². The Morgan fingerprint density at radius 2 is 2.14 bits per heavy atom. The molecule has 36 valence electrons. The van der Waals surface area contributed by atoms with Gasteiger partial charge < -0.3 is 5.32 Å². The van der Waals surface area contributed by atoms with Crippen LogP contribution < -0.4 is 5.32 Å². The summed E-state index contributed by atoms with van der Waals surface area (Å²) in [7, 11) is 0. The number of hydrogen-bond donors (Lipinski definition) is 1. The molecule has 0 atom stereocenters. The molecule has 0 aromatic carbocycles. The topological polar surface area (TPSA) is 12.0 Å². The van der Waals surface area contributed by atoms with E-state index in [9.17, 15) is 0 Å². The summed E-state index contributed by atoms with van der Waals surface area (Å²) in [5, 5.41) is 3.02. The molecule has 1 nitrogen and oxygen atoms in total. The van der Waals surface area contributed by atoms with Crippen LogP contribution in [-0.2, 0) is 0 Å². The van der Waals surface area contributed by atoms with Crippen molar-refractivity contribution in [2.75, 3.05) is 6.54 Å². The zero-order chi connectivity index (χ0) is 4.24. The third kappa shape index (κ3) is 3.15. The third-order valence-corrected chi connectivity index (χ3v) is 0.697. The van der Waals surface area contributed by atoms with Crippen molar-refractivity contribution < 1.29 is 0 Å². The van der Waals surface area contributed by atoms with Crippen LogP contribution in [0.25, 0.3) is 0 Å². The van der Waals surface area contributed by atoms with Gasteiger partial charge in [0, 0.05) is 6.54 Å². The summed E-state index contributed by atoms with van der Waals surface area (Å²) < 4.78 is 0. The van der Waals surface area contributed by atoms with E-state index in [-0.39, 0.29) is 37.7 Å². The molecule has 1 heterocycles. The van der Waals surface area contributed by atoms with Crippen LogP contribution >= 0.6 is 0 Å². The molecular formula is C5H9CaN. The van der Waals surface area contributed by atoms with E-state index >= 15 is 0 Å². The number of nitrogens with one attached hydrogen (secondary N) is 1. The van der Waals surface area contributed by atoms with Gasteiger partial charge in [-0.1, -0.05) is 12.2 Å². The number of allylic oxidation sites excluding steroid dienone is 2. The van der Waals surface area contributed by atoms with Gasteiger partial charge in [0.25, 0.3) is 0 Å². The van der Waals surface area contributed by atoms with Crippen LogP contribution in [0.4, 0.5) is 0 Å². The molecule has 1 rings (SSSR count). The molecular weight excluding hydrogens is 114 g/mol. The fourth-order valence-electron chi connectivity index (χ4n) is 0.406. The van der Waals surface area contributed by atoms with Crippen LogP contribution in [0.3, 0.4) is 0 Å². The van der Waals surface area contributed by atoms with Crippen molar-refractivity contribution in [2.24, 2.45) is 0 Å². The maximum atomic E-state index is 3.02. The van der Waals surface area contributed by atoms with E-state index in [1.807, 2.05) is 18.4 Å². The molecule has 0 bridgehead atoms. The fraction of sp³-hybridized carbons (Fsp3) is 0.200. The Bertz CT molecular complexity index is 74.1. The zero-order valence-electron chi connectivity index (χ0n) is 3.52. The molecule has 1 N–H and O–H groups in total. The van der Waals surface area contributed by atoms with Gasteiger partial charge in [-0.25, -0.2) is 0 Å². The second-order valence-electron chi connectivity index (χ2n) is 1.20. The molecule has 7 heavy (non-hydrogen) atoms. The Labute approximate surface area is 73.5 Å². The SMILES string of the molecule is C1=CCNC=C1.[CaH2]. The molecule has 0 radical (unpaired) electrons. The maximum absolute atomic E-state index is 3.02. The molecule has 1 aliphatic heterocycles. The van der Waals surface area contributed by atoms with E-state index in [2.05, 4.69) is 11.4 Å². The Hall–Kier alpha value is 0.540. The van der Waals surface area contributed by atoms with Gasteiger partial charge in [0.15, 0.2) is 0 Å². The summed E-state index contributed by atoms with van der Waals surface area (Å²) in [6.07, 6.45) is 8.00. The monoisotopic (exact) mass is 123 g/mol. The van der Waals surface area contributed by atoms with Crippen molar-refractivity contribution in [1.82, 2.24) is 5.32 Å². The molecule has 0 fully saturated rings. The van der Waals surface area contributed by atoms with Crippen molar-refractivity contribution in [3.63, 3.8) is 0 Å². The van der Waals surface area contributed by atoms with E-state index in [0.29, 0.717) is 0 Å². The first-order chi connectivity index (χ1) is 3.00. The van der Waals surface area contributed by atoms with Crippen LogP contribution in [0.5, 0.6) is 0 Å². The first kappa shape index (κ1) is 7.54. The summed E-state index contributed by atoms with van der Waals surface area (Å²) in [6, 6.07) is 0. The summed E-state index contributed by atoms with van der Waals surface area (Å²) in [5.74, 6) is 0. The van der Waals surface area contributed by atoms with Crippen LogP contribution in [0.15, 0.2) is 24.4 Å². The van der Waals surface area contributed by atoms with Crippen molar-refractivity contribution in [1.29, 1.82) is 0 Å². The average Bonchev–Trinajstić information content (AvgIpc) is 1.72. The minimum atomic E-state index is 0. The van der Waals surface area contributed by atoms with Crippen LogP contribution in [0.1, 0.15) is 0 Å². The quantitative estimate of drug-likeness (QED) is 0.438. The third-order valence-electron chi connectivity index (χ3n) is 0.697. The predicted octanol–water partition coefficient (Wildman–Crippen LogP) is -0.257. The second-order valence-corrected chi connectivity index (χ2v) is 1.20. The molecule has 0 aromatic rings. The number of dihydropyridines is 1. The van der Waals surface area contributed by atoms with Crippen LogP contribution in [0.2, 0.25) is 0 Å². The molecule has 1 aliphatic rings. The normalized spacial score (nSPS) is 14.9. The van der Waals surface area contributed by atoms with Crippen molar-refractivity contribution in [2.45, 2.75) is 0 Å². The first-order valence-electron chi connectivity index (χ1n) is 2.05.